The van der Waals surface area contributed by atoms with Gasteiger partial charge >= 0.3 is 0 Å². The van der Waals surface area contributed by atoms with Crippen LogP contribution < -0.4 is 4.74 Å². The highest BCUT2D eigenvalue weighted by Crippen LogP contribution is 2.21. The van der Waals surface area contributed by atoms with Crippen molar-refractivity contribution in [3.8, 4) is 5.75 Å². The van der Waals surface area contributed by atoms with Gasteiger partial charge in [-0.15, -0.1) is 11.3 Å². The predicted molar refractivity (Wildman–Crippen MR) is 91.8 cm³/mol. The summed E-state index contributed by atoms with van der Waals surface area (Å²) in [5.41, 5.74) is 1.25. The molecule has 1 fully saturated rings. The number of benzene rings is 1. The first-order valence-electron chi connectivity index (χ1n) is 8.17. The molecule has 0 aliphatic carbocycles. The number of likely N-dealkylation sites (tertiary alicyclic amines) is 1. The Hall–Kier alpha value is -1.46. The number of ether oxygens (including phenoxy) is 1. The maximum absolute atomic E-state index is 12.9. The first-order chi connectivity index (χ1) is 11.1. The van der Waals surface area contributed by atoms with Gasteiger partial charge in [0.05, 0.1) is 10.7 Å². The predicted octanol–water partition coefficient (Wildman–Crippen LogP) is 3.98. The molecule has 23 heavy (non-hydrogen) atoms. The van der Waals surface area contributed by atoms with Crippen LogP contribution in [0.4, 0.5) is 4.39 Å². The quantitative estimate of drug-likeness (QED) is 0.827. The van der Waals surface area contributed by atoms with Crippen LogP contribution in [0.15, 0.2) is 24.3 Å². The second kappa shape index (κ2) is 7.41. The number of nitrogens with zero attached hydrogens (tertiary/aromatic N) is 2. The topological polar surface area (TPSA) is 25.4 Å². The number of aromatic nitrogens is 1. The van der Waals surface area contributed by atoms with Crippen molar-refractivity contribution in [2.75, 3.05) is 19.6 Å². The van der Waals surface area contributed by atoms with Crippen molar-refractivity contribution < 1.29 is 9.13 Å². The first kappa shape index (κ1) is 16.4. The molecule has 0 spiro atoms. The second-order valence-electron chi connectivity index (χ2n) is 6.10. The van der Waals surface area contributed by atoms with E-state index in [1.54, 1.807) is 23.5 Å². The third-order valence-corrected chi connectivity index (χ3v) is 5.24. The average molecular weight is 334 g/mol. The Morgan fingerprint density at radius 2 is 1.91 bits per heavy atom. The Bertz CT molecular complexity index is 633. The van der Waals surface area contributed by atoms with Crippen LogP contribution >= 0.6 is 11.3 Å². The molecule has 1 aliphatic heterocycles. The molecule has 2 aromatic rings. The van der Waals surface area contributed by atoms with Crippen LogP contribution in [-0.2, 0) is 6.42 Å². The van der Waals surface area contributed by atoms with E-state index in [1.165, 1.54) is 22.7 Å². The smallest absolute Gasteiger partial charge is 0.123 e. The monoisotopic (exact) mass is 334 g/mol. The number of thiazole rings is 1. The number of piperidine rings is 1. The molecule has 3 rings (SSSR count). The third-order valence-electron chi connectivity index (χ3n) is 4.32. The summed E-state index contributed by atoms with van der Waals surface area (Å²) in [7, 11) is 0. The lowest BCUT2D eigenvalue weighted by molar-refractivity contribution is 0.101. The SMILES string of the molecule is Cc1nc(CCN2CCC(Oc3ccc(F)cc3)CC2)c(C)s1. The van der Waals surface area contributed by atoms with Gasteiger partial charge in [-0.2, -0.15) is 0 Å². The van der Waals surface area contributed by atoms with E-state index in [0.717, 1.165) is 49.7 Å². The van der Waals surface area contributed by atoms with E-state index in [1.807, 2.05) is 0 Å². The van der Waals surface area contributed by atoms with Crippen molar-refractivity contribution in [2.24, 2.45) is 0 Å². The lowest BCUT2D eigenvalue weighted by Crippen LogP contribution is -2.39. The molecule has 0 radical (unpaired) electrons. The van der Waals surface area contributed by atoms with Crippen molar-refractivity contribution >= 4 is 11.3 Å². The van der Waals surface area contributed by atoms with Crippen LogP contribution in [0, 0.1) is 19.7 Å². The Morgan fingerprint density at radius 3 is 2.52 bits per heavy atom. The summed E-state index contributed by atoms with van der Waals surface area (Å²) in [4.78, 5) is 8.44. The summed E-state index contributed by atoms with van der Waals surface area (Å²) >= 11 is 1.78. The molecule has 1 saturated heterocycles. The van der Waals surface area contributed by atoms with Crippen molar-refractivity contribution in [1.82, 2.24) is 9.88 Å². The molecule has 0 bridgehead atoms. The minimum Gasteiger partial charge on any atom is -0.490 e. The van der Waals surface area contributed by atoms with Crippen LogP contribution in [0.3, 0.4) is 0 Å². The molecule has 0 N–H and O–H groups in total. The third kappa shape index (κ3) is 4.52. The highest BCUT2D eigenvalue weighted by Gasteiger charge is 2.20. The Kier molecular flexibility index (Phi) is 5.28. The Morgan fingerprint density at radius 1 is 1.22 bits per heavy atom. The molecule has 3 nitrogen and oxygen atoms in total. The van der Waals surface area contributed by atoms with E-state index in [4.69, 9.17) is 4.74 Å². The Balaban J connectivity index is 1.43. The Labute approximate surface area is 141 Å². The first-order valence-corrected chi connectivity index (χ1v) is 8.99. The summed E-state index contributed by atoms with van der Waals surface area (Å²) in [6.07, 6.45) is 3.30. The largest absolute Gasteiger partial charge is 0.490 e. The van der Waals surface area contributed by atoms with E-state index >= 15 is 0 Å². The van der Waals surface area contributed by atoms with Crippen LogP contribution in [0.25, 0.3) is 0 Å². The van der Waals surface area contributed by atoms with E-state index < -0.39 is 0 Å². The number of halogens is 1. The number of hydrogen-bond acceptors (Lipinski definition) is 4. The highest BCUT2D eigenvalue weighted by molar-refractivity contribution is 7.11. The minimum absolute atomic E-state index is 0.222. The van der Waals surface area contributed by atoms with E-state index in [0.29, 0.717) is 0 Å². The van der Waals surface area contributed by atoms with Crippen LogP contribution in [0.5, 0.6) is 5.75 Å². The zero-order valence-electron chi connectivity index (χ0n) is 13.7. The maximum Gasteiger partial charge on any atom is 0.123 e. The van der Waals surface area contributed by atoms with E-state index in [9.17, 15) is 4.39 Å². The van der Waals surface area contributed by atoms with Gasteiger partial charge < -0.3 is 9.64 Å². The van der Waals surface area contributed by atoms with E-state index in [-0.39, 0.29) is 11.9 Å². The molecule has 0 saturated carbocycles. The molecule has 0 amide bonds. The van der Waals surface area contributed by atoms with Crippen molar-refractivity contribution in [3.63, 3.8) is 0 Å². The fourth-order valence-electron chi connectivity index (χ4n) is 3.02. The zero-order chi connectivity index (χ0) is 16.2. The lowest BCUT2D eigenvalue weighted by atomic mass is 10.1. The normalized spacial score (nSPS) is 16.7. The molecule has 2 heterocycles. The molecule has 0 atom stereocenters. The second-order valence-corrected chi connectivity index (χ2v) is 7.51. The summed E-state index contributed by atoms with van der Waals surface area (Å²) in [5.74, 6) is 0.540. The van der Waals surface area contributed by atoms with Gasteiger partial charge in [0.25, 0.3) is 0 Å². The molecule has 1 aromatic carbocycles. The van der Waals surface area contributed by atoms with Gasteiger partial charge in [-0.3, -0.25) is 0 Å². The number of rotatable bonds is 5. The van der Waals surface area contributed by atoms with Crippen LogP contribution in [-0.4, -0.2) is 35.6 Å². The fourth-order valence-corrected chi connectivity index (χ4v) is 3.89. The van der Waals surface area contributed by atoms with Gasteiger partial charge in [-0.05, 0) is 51.0 Å². The highest BCUT2D eigenvalue weighted by atomic mass is 32.1. The molecular weight excluding hydrogens is 311 g/mol. The molecule has 5 heteroatoms. The van der Waals surface area contributed by atoms with Gasteiger partial charge in [-0.25, -0.2) is 9.37 Å². The van der Waals surface area contributed by atoms with Crippen molar-refractivity contribution in [1.29, 1.82) is 0 Å². The summed E-state index contributed by atoms with van der Waals surface area (Å²) in [5, 5.41) is 1.16. The number of hydrogen-bond donors (Lipinski definition) is 0. The van der Waals surface area contributed by atoms with Crippen molar-refractivity contribution in [2.45, 2.75) is 39.2 Å². The number of aryl methyl sites for hydroxylation is 2. The minimum atomic E-state index is -0.222. The molecule has 1 aliphatic rings. The average Bonchev–Trinajstić information content (AvgIpc) is 2.87. The summed E-state index contributed by atoms with van der Waals surface area (Å²) in [6.45, 7) is 7.39. The van der Waals surface area contributed by atoms with Crippen molar-refractivity contribution in [3.05, 3.63) is 45.7 Å². The maximum atomic E-state index is 12.9. The fraction of sp³-hybridized carbons (Fsp3) is 0.500. The molecule has 1 aromatic heterocycles. The molecular formula is C18H23FN2OS. The molecule has 0 unspecified atom stereocenters. The lowest BCUT2D eigenvalue weighted by Gasteiger charge is -2.32. The van der Waals surface area contributed by atoms with E-state index in [2.05, 4.69) is 23.7 Å². The summed E-state index contributed by atoms with van der Waals surface area (Å²) < 4.78 is 18.8. The van der Waals surface area contributed by atoms with Gasteiger partial charge in [0.1, 0.15) is 17.7 Å². The molecule has 124 valence electrons. The standard InChI is InChI=1S/C18H23FN2OS/c1-13-18(20-14(2)23-13)9-12-21-10-7-17(8-11-21)22-16-5-3-15(19)4-6-16/h3-6,17H,7-12H2,1-2H3. The van der Waals surface area contributed by atoms with Crippen LogP contribution in [0.1, 0.15) is 28.4 Å². The summed E-state index contributed by atoms with van der Waals surface area (Å²) in [6, 6.07) is 6.30. The van der Waals surface area contributed by atoms with Crippen LogP contribution in [0.2, 0.25) is 0 Å². The van der Waals surface area contributed by atoms with Gasteiger partial charge in [-0.1, -0.05) is 0 Å². The van der Waals surface area contributed by atoms with Gasteiger partial charge in [0, 0.05) is 30.9 Å². The zero-order valence-corrected chi connectivity index (χ0v) is 14.5. The van der Waals surface area contributed by atoms with Gasteiger partial charge in [0.15, 0.2) is 0 Å². The van der Waals surface area contributed by atoms with Gasteiger partial charge in [0.2, 0.25) is 0 Å².